The molecular weight excluding hydrogens is 238 g/mol. The van der Waals surface area contributed by atoms with E-state index >= 15 is 0 Å². The first-order chi connectivity index (χ1) is 9.13. The molecule has 2 rings (SSSR count). The quantitative estimate of drug-likeness (QED) is 0.906. The van der Waals surface area contributed by atoms with Gasteiger partial charge in [0.15, 0.2) is 11.5 Å². The van der Waals surface area contributed by atoms with Crippen LogP contribution in [0.15, 0.2) is 18.2 Å². The molecule has 1 fully saturated rings. The molecule has 106 valence electrons. The van der Waals surface area contributed by atoms with Crippen molar-refractivity contribution >= 4 is 0 Å². The molecule has 1 aliphatic carbocycles. The smallest absolute Gasteiger partial charge is 0.161 e. The van der Waals surface area contributed by atoms with Gasteiger partial charge in [0.25, 0.3) is 0 Å². The van der Waals surface area contributed by atoms with Crippen molar-refractivity contribution in [2.75, 3.05) is 7.11 Å². The minimum absolute atomic E-state index is 0.309. The van der Waals surface area contributed by atoms with Gasteiger partial charge in [-0.15, -0.1) is 0 Å². The summed E-state index contributed by atoms with van der Waals surface area (Å²) in [6.45, 7) is 5.17. The molecule has 0 aliphatic heterocycles. The molecule has 19 heavy (non-hydrogen) atoms. The molecule has 0 spiro atoms. The van der Waals surface area contributed by atoms with E-state index in [1.54, 1.807) is 7.11 Å². The Morgan fingerprint density at radius 3 is 2.58 bits per heavy atom. The summed E-state index contributed by atoms with van der Waals surface area (Å²) in [6, 6.07) is 5.95. The van der Waals surface area contributed by atoms with Gasteiger partial charge < -0.3 is 15.2 Å². The Hall–Kier alpha value is -1.22. The Bertz CT molecular complexity index is 419. The van der Waals surface area contributed by atoms with E-state index in [1.807, 2.05) is 18.2 Å². The Kier molecular flexibility index (Phi) is 4.70. The molecule has 1 aromatic rings. The van der Waals surface area contributed by atoms with E-state index < -0.39 is 0 Å². The normalized spacial score (nSPS) is 27.1. The third-order valence-electron chi connectivity index (χ3n) is 4.31. The van der Waals surface area contributed by atoms with Crippen LogP contribution in [-0.4, -0.2) is 13.2 Å². The number of hydrogen-bond donors (Lipinski definition) is 1. The highest BCUT2D eigenvalue weighted by atomic mass is 16.5. The van der Waals surface area contributed by atoms with Gasteiger partial charge in [0, 0.05) is 6.54 Å². The van der Waals surface area contributed by atoms with Crippen LogP contribution in [0, 0.1) is 11.8 Å². The predicted molar refractivity (Wildman–Crippen MR) is 77.5 cm³/mol. The average Bonchev–Trinajstić information content (AvgIpc) is 2.43. The zero-order chi connectivity index (χ0) is 13.8. The summed E-state index contributed by atoms with van der Waals surface area (Å²) in [7, 11) is 1.67. The highest BCUT2D eigenvalue weighted by Gasteiger charge is 2.26. The minimum Gasteiger partial charge on any atom is -0.493 e. The lowest BCUT2D eigenvalue weighted by Gasteiger charge is -2.32. The minimum atomic E-state index is 0.309. The summed E-state index contributed by atoms with van der Waals surface area (Å²) in [5, 5.41) is 0. The van der Waals surface area contributed by atoms with Crippen molar-refractivity contribution in [1.82, 2.24) is 0 Å². The summed E-state index contributed by atoms with van der Waals surface area (Å²) in [5.41, 5.74) is 6.71. The number of rotatable bonds is 4. The summed E-state index contributed by atoms with van der Waals surface area (Å²) >= 11 is 0. The number of hydrogen-bond acceptors (Lipinski definition) is 3. The predicted octanol–water partition coefficient (Wildman–Crippen LogP) is 3.36. The number of benzene rings is 1. The van der Waals surface area contributed by atoms with Gasteiger partial charge in [-0.1, -0.05) is 19.9 Å². The molecule has 1 aromatic carbocycles. The largest absolute Gasteiger partial charge is 0.493 e. The molecule has 2 N–H and O–H groups in total. The fraction of sp³-hybridized carbons (Fsp3) is 0.625. The molecule has 3 atom stereocenters. The third kappa shape index (κ3) is 3.41. The van der Waals surface area contributed by atoms with Gasteiger partial charge in [-0.2, -0.15) is 0 Å². The maximum absolute atomic E-state index is 6.13. The van der Waals surface area contributed by atoms with Crippen LogP contribution >= 0.6 is 0 Å². The topological polar surface area (TPSA) is 44.5 Å². The monoisotopic (exact) mass is 263 g/mol. The van der Waals surface area contributed by atoms with Gasteiger partial charge in [-0.05, 0) is 48.8 Å². The van der Waals surface area contributed by atoms with Gasteiger partial charge >= 0.3 is 0 Å². The average molecular weight is 263 g/mol. The Morgan fingerprint density at radius 2 is 1.95 bits per heavy atom. The van der Waals surface area contributed by atoms with E-state index in [1.165, 1.54) is 6.42 Å². The van der Waals surface area contributed by atoms with Gasteiger partial charge in [0.2, 0.25) is 0 Å². The zero-order valence-corrected chi connectivity index (χ0v) is 12.2. The molecule has 0 amide bonds. The van der Waals surface area contributed by atoms with E-state index in [0.717, 1.165) is 41.7 Å². The molecule has 1 aliphatic rings. The van der Waals surface area contributed by atoms with Crippen molar-refractivity contribution in [3.63, 3.8) is 0 Å². The molecule has 0 heterocycles. The van der Waals surface area contributed by atoms with E-state index in [4.69, 9.17) is 15.2 Å². The van der Waals surface area contributed by atoms with Crippen LogP contribution in [0.4, 0.5) is 0 Å². The first-order valence-corrected chi connectivity index (χ1v) is 7.17. The van der Waals surface area contributed by atoms with Gasteiger partial charge in [-0.25, -0.2) is 0 Å². The molecule has 0 bridgehead atoms. The highest BCUT2D eigenvalue weighted by molar-refractivity contribution is 5.43. The maximum Gasteiger partial charge on any atom is 0.161 e. The Balaban J connectivity index is 2.06. The van der Waals surface area contributed by atoms with Crippen LogP contribution in [0.1, 0.15) is 38.7 Å². The fourth-order valence-electron chi connectivity index (χ4n) is 2.72. The highest BCUT2D eigenvalue weighted by Crippen LogP contribution is 2.35. The Morgan fingerprint density at radius 1 is 1.16 bits per heavy atom. The van der Waals surface area contributed by atoms with Gasteiger partial charge in [0.05, 0.1) is 13.2 Å². The second-order valence-corrected chi connectivity index (χ2v) is 5.70. The van der Waals surface area contributed by atoms with Crippen molar-refractivity contribution in [3.05, 3.63) is 23.8 Å². The number of methoxy groups -OCH3 is 1. The maximum atomic E-state index is 6.13. The summed E-state index contributed by atoms with van der Waals surface area (Å²) in [4.78, 5) is 0. The Labute approximate surface area is 116 Å². The van der Waals surface area contributed by atoms with Crippen LogP contribution in [-0.2, 0) is 6.54 Å². The van der Waals surface area contributed by atoms with Crippen molar-refractivity contribution in [3.8, 4) is 11.5 Å². The molecule has 3 unspecified atom stereocenters. The molecular formula is C16H25NO2. The van der Waals surface area contributed by atoms with E-state index in [9.17, 15) is 0 Å². The summed E-state index contributed by atoms with van der Waals surface area (Å²) in [5.74, 6) is 3.16. The van der Waals surface area contributed by atoms with E-state index in [2.05, 4.69) is 13.8 Å². The SMILES string of the molecule is COc1cc(CN)ccc1OC1CCC(C)C(C)C1. The molecule has 0 aromatic heterocycles. The zero-order valence-electron chi connectivity index (χ0n) is 12.2. The summed E-state index contributed by atoms with van der Waals surface area (Å²) in [6.07, 6.45) is 3.81. The van der Waals surface area contributed by atoms with Crippen LogP contribution in [0.2, 0.25) is 0 Å². The summed E-state index contributed by atoms with van der Waals surface area (Å²) < 4.78 is 11.5. The van der Waals surface area contributed by atoms with Crippen molar-refractivity contribution in [2.45, 2.75) is 45.8 Å². The molecule has 1 saturated carbocycles. The van der Waals surface area contributed by atoms with Crippen LogP contribution in [0.3, 0.4) is 0 Å². The first kappa shape index (κ1) is 14.2. The fourth-order valence-corrected chi connectivity index (χ4v) is 2.72. The molecule has 0 radical (unpaired) electrons. The van der Waals surface area contributed by atoms with Gasteiger partial charge in [-0.3, -0.25) is 0 Å². The van der Waals surface area contributed by atoms with E-state index in [0.29, 0.717) is 12.6 Å². The van der Waals surface area contributed by atoms with Crippen LogP contribution in [0.5, 0.6) is 11.5 Å². The van der Waals surface area contributed by atoms with Crippen molar-refractivity contribution in [2.24, 2.45) is 17.6 Å². The molecule has 3 nitrogen and oxygen atoms in total. The lowest BCUT2D eigenvalue weighted by molar-refractivity contribution is 0.0977. The van der Waals surface area contributed by atoms with Crippen LogP contribution < -0.4 is 15.2 Å². The molecule has 3 heteroatoms. The van der Waals surface area contributed by atoms with E-state index in [-0.39, 0.29) is 0 Å². The number of ether oxygens (including phenoxy) is 2. The lowest BCUT2D eigenvalue weighted by atomic mass is 9.80. The lowest BCUT2D eigenvalue weighted by Crippen LogP contribution is -2.28. The van der Waals surface area contributed by atoms with Crippen molar-refractivity contribution in [1.29, 1.82) is 0 Å². The standard InChI is InChI=1S/C16H25NO2/c1-11-4-6-14(8-12(11)2)19-15-7-5-13(10-17)9-16(15)18-3/h5,7,9,11-12,14H,4,6,8,10,17H2,1-3H3. The second-order valence-electron chi connectivity index (χ2n) is 5.70. The molecule has 0 saturated heterocycles. The first-order valence-electron chi connectivity index (χ1n) is 7.17. The second kappa shape index (κ2) is 6.29. The number of nitrogens with two attached hydrogens (primary N) is 1. The van der Waals surface area contributed by atoms with Crippen molar-refractivity contribution < 1.29 is 9.47 Å². The third-order valence-corrected chi connectivity index (χ3v) is 4.31. The van der Waals surface area contributed by atoms with Gasteiger partial charge in [0.1, 0.15) is 0 Å². The van der Waals surface area contributed by atoms with Crippen LogP contribution in [0.25, 0.3) is 0 Å².